The molecule has 2 heterocycles. The molecule has 0 unspecified atom stereocenters. The van der Waals surface area contributed by atoms with Crippen molar-refractivity contribution in [2.75, 3.05) is 0 Å². The number of nitrogens with one attached hydrogen (secondary N) is 1. The lowest BCUT2D eigenvalue weighted by molar-refractivity contribution is 0.0937. The summed E-state index contributed by atoms with van der Waals surface area (Å²) in [6.07, 6.45) is 1.01. The lowest BCUT2D eigenvalue weighted by Crippen LogP contribution is -2.29. The number of aromatic nitrogens is 3. The third kappa shape index (κ3) is 4.53. The Labute approximate surface area is 200 Å². The Bertz CT molecular complexity index is 1340. The van der Waals surface area contributed by atoms with E-state index in [9.17, 15) is 9.59 Å². The van der Waals surface area contributed by atoms with Crippen molar-refractivity contribution >= 4 is 22.7 Å². The highest BCUT2D eigenvalue weighted by molar-refractivity contribution is 5.98. The number of fused-ring (bicyclic) bond motifs is 1. The van der Waals surface area contributed by atoms with Crippen LogP contribution in [0.4, 0.5) is 0 Å². The molecule has 1 N–H and O–H groups in total. The van der Waals surface area contributed by atoms with Gasteiger partial charge in [0.05, 0.1) is 23.6 Å². The predicted octanol–water partition coefficient (Wildman–Crippen LogP) is 5.55. The Morgan fingerprint density at radius 3 is 2.41 bits per heavy atom. The molecule has 0 bridgehead atoms. The molecule has 0 aliphatic carbocycles. The maximum absolute atomic E-state index is 13.4. The van der Waals surface area contributed by atoms with Gasteiger partial charge < -0.3 is 14.5 Å². The quantitative estimate of drug-likeness (QED) is 0.354. The number of amides is 1. The minimum Gasteiger partial charge on any atom is -0.348 e. The highest BCUT2D eigenvalue weighted by Gasteiger charge is 2.23. The van der Waals surface area contributed by atoms with E-state index >= 15 is 0 Å². The van der Waals surface area contributed by atoms with Crippen LogP contribution in [-0.2, 0) is 13.1 Å². The summed E-state index contributed by atoms with van der Waals surface area (Å²) in [5.41, 5.74) is 6.21. The van der Waals surface area contributed by atoms with Crippen molar-refractivity contribution in [3.05, 3.63) is 88.5 Å². The molecule has 4 rings (SSSR count). The number of para-hydroxylation sites is 2. The third-order valence-corrected chi connectivity index (χ3v) is 6.36. The summed E-state index contributed by atoms with van der Waals surface area (Å²) < 4.78 is 4.13. The molecule has 1 amide bonds. The molecule has 0 fully saturated rings. The molecule has 2 aromatic heterocycles. The van der Waals surface area contributed by atoms with Crippen molar-refractivity contribution in [1.82, 2.24) is 19.4 Å². The van der Waals surface area contributed by atoms with Crippen LogP contribution in [0.2, 0.25) is 0 Å². The van der Waals surface area contributed by atoms with Gasteiger partial charge in [0.2, 0.25) is 0 Å². The summed E-state index contributed by atoms with van der Waals surface area (Å²) in [4.78, 5) is 31.1. The fourth-order valence-corrected chi connectivity index (χ4v) is 4.52. The second kappa shape index (κ2) is 9.67. The molecule has 0 aliphatic heterocycles. The van der Waals surface area contributed by atoms with Crippen molar-refractivity contribution in [2.45, 2.75) is 60.2 Å². The van der Waals surface area contributed by atoms with Gasteiger partial charge in [-0.05, 0) is 64.4 Å². The lowest BCUT2D eigenvalue weighted by Gasteiger charge is -2.16. The monoisotopic (exact) mass is 456 g/mol. The van der Waals surface area contributed by atoms with Crippen LogP contribution in [-0.4, -0.2) is 25.8 Å². The average molecular weight is 457 g/mol. The van der Waals surface area contributed by atoms with Crippen LogP contribution in [0.25, 0.3) is 11.0 Å². The van der Waals surface area contributed by atoms with Crippen LogP contribution in [0, 0.1) is 20.8 Å². The summed E-state index contributed by atoms with van der Waals surface area (Å²) in [6, 6.07) is 16.8. The van der Waals surface area contributed by atoms with E-state index in [1.54, 1.807) is 0 Å². The van der Waals surface area contributed by atoms with Crippen molar-refractivity contribution in [3.8, 4) is 0 Å². The molecule has 0 saturated carbocycles. The number of carbonyl (C=O) groups is 2. The minimum absolute atomic E-state index is 0.0388. The van der Waals surface area contributed by atoms with E-state index in [-0.39, 0.29) is 24.3 Å². The van der Waals surface area contributed by atoms with Crippen LogP contribution >= 0.6 is 0 Å². The molecule has 0 spiro atoms. The second-order valence-electron chi connectivity index (χ2n) is 8.97. The summed E-state index contributed by atoms with van der Waals surface area (Å²) in [6.45, 7) is 11.1. The van der Waals surface area contributed by atoms with E-state index in [2.05, 4.69) is 16.8 Å². The standard InChI is InChI=1S/C28H32N4O2/c1-6-15-31-19(3)16-23(21(31)5)26(33)17-32-25-10-8-7-9-24(25)30-27(32)20(4)29-28(34)22-13-11-18(2)12-14-22/h7-14,16,20H,6,15,17H2,1-5H3,(H,29,34)/t20-/m1/s1. The van der Waals surface area contributed by atoms with Gasteiger partial charge in [-0.3, -0.25) is 9.59 Å². The number of imidazole rings is 1. The van der Waals surface area contributed by atoms with Crippen LogP contribution < -0.4 is 5.32 Å². The van der Waals surface area contributed by atoms with E-state index in [0.717, 1.165) is 46.5 Å². The predicted molar refractivity (Wildman–Crippen MR) is 135 cm³/mol. The van der Waals surface area contributed by atoms with Crippen molar-refractivity contribution in [3.63, 3.8) is 0 Å². The fraction of sp³-hybridized carbons (Fsp3) is 0.321. The fourth-order valence-electron chi connectivity index (χ4n) is 4.52. The van der Waals surface area contributed by atoms with Gasteiger partial charge in [0.1, 0.15) is 5.82 Å². The van der Waals surface area contributed by atoms with Gasteiger partial charge in [-0.25, -0.2) is 4.98 Å². The molecule has 0 saturated heterocycles. The molecule has 0 radical (unpaired) electrons. The number of nitrogens with zero attached hydrogens (tertiary/aromatic N) is 3. The first-order chi connectivity index (χ1) is 16.3. The van der Waals surface area contributed by atoms with Gasteiger partial charge in [-0.15, -0.1) is 0 Å². The molecule has 34 heavy (non-hydrogen) atoms. The maximum atomic E-state index is 13.4. The van der Waals surface area contributed by atoms with Crippen molar-refractivity contribution < 1.29 is 9.59 Å². The topological polar surface area (TPSA) is 68.9 Å². The summed E-state index contributed by atoms with van der Waals surface area (Å²) in [5.74, 6) is 0.537. The van der Waals surface area contributed by atoms with Crippen molar-refractivity contribution in [1.29, 1.82) is 0 Å². The van der Waals surface area contributed by atoms with Gasteiger partial charge in [-0.2, -0.15) is 0 Å². The zero-order valence-electron chi connectivity index (χ0n) is 20.6. The van der Waals surface area contributed by atoms with Gasteiger partial charge in [0.15, 0.2) is 5.78 Å². The molecule has 4 aromatic rings. The van der Waals surface area contributed by atoms with E-state index in [0.29, 0.717) is 11.4 Å². The Morgan fingerprint density at radius 2 is 1.71 bits per heavy atom. The minimum atomic E-state index is -0.374. The number of benzene rings is 2. The van der Waals surface area contributed by atoms with E-state index < -0.39 is 0 Å². The van der Waals surface area contributed by atoms with Crippen LogP contribution in [0.15, 0.2) is 54.6 Å². The zero-order valence-corrected chi connectivity index (χ0v) is 20.6. The van der Waals surface area contributed by atoms with Gasteiger partial charge >= 0.3 is 0 Å². The average Bonchev–Trinajstić information content (AvgIpc) is 3.32. The SMILES string of the molecule is CCCn1c(C)cc(C(=O)Cn2c([C@@H](C)NC(=O)c3ccc(C)cc3)nc3ccccc32)c1C. The van der Waals surface area contributed by atoms with E-state index in [1.165, 1.54) is 0 Å². The van der Waals surface area contributed by atoms with E-state index in [4.69, 9.17) is 4.98 Å². The number of carbonyl (C=O) groups excluding carboxylic acids is 2. The highest BCUT2D eigenvalue weighted by Crippen LogP contribution is 2.23. The molecule has 1 atom stereocenters. The maximum Gasteiger partial charge on any atom is 0.251 e. The van der Waals surface area contributed by atoms with Gasteiger partial charge in [0.25, 0.3) is 5.91 Å². The molecule has 6 nitrogen and oxygen atoms in total. The number of aryl methyl sites for hydroxylation is 2. The van der Waals surface area contributed by atoms with Crippen LogP contribution in [0.1, 0.15) is 69.8 Å². The molecule has 2 aromatic carbocycles. The third-order valence-electron chi connectivity index (χ3n) is 6.36. The first-order valence-corrected chi connectivity index (χ1v) is 11.8. The smallest absolute Gasteiger partial charge is 0.251 e. The van der Waals surface area contributed by atoms with Crippen LogP contribution in [0.3, 0.4) is 0 Å². The number of hydrogen-bond acceptors (Lipinski definition) is 3. The highest BCUT2D eigenvalue weighted by atomic mass is 16.1. The second-order valence-corrected chi connectivity index (χ2v) is 8.97. The van der Waals surface area contributed by atoms with Crippen molar-refractivity contribution in [2.24, 2.45) is 0 Å². The summed E-state index contributed by atoms with van der Waals surface area (Å²) in [7, 11) is 0. The largest absolute Gasteiger partial charge is 0.348 e. The summed E-state index contributed by atoms with van der Waals surface area (Å²) in [5, 5.41) is 3.05. The van der Waals surface area contributed by atoms with Gasteiger partial charge in [0, 0.05) is 29.1 Å². The first kappa shape index (κ1) is 23.5. The lowest BCUT2D eigenvalue weighted by atomic mass is 10.1. The molecule has 0 aliphatic rings. The normalized spacial score (nSPS) is 12.1. The molecular weight excluding hydrogens is 424 g/mol. The number of hydrogen-bond donors (Lipinski definition) is 1. The number of ketones is 1. The molecular formula is C28H32N4O2. The van der Waals surface area contributed by atoms with Gasteiger partial charge in [-0.1, -0.05) is 36.8 Å². The Balaban J connectivity index is 1.65. The van der Waals surface area contributed by atoms with E-state index in [1.807, 2.05) is 86.9 Å². The first-order valence-electron chi connectivity index (χ1n) is 11.8. The number of rotatable bonds is 8. The Morgan fingerprint density at radius 1 is 1.00 bits per heavy atom. The molecule has 176 valence electrons. The summed E-state index contributed by atoms with van der Waals surface area (Å²) >= 11 is 0. The molecule has 6 heteroatoms. The van der Waals surface area contributed by atoms with Crippen LogP contribution in [0.5, 0.6) is 0 Å². The number of Topliss-reactive ketones (excluding diaryl/α,β-unsaturated/α-hetero) is 1. The zero-order chi connectivity index (χ0) is 24.4. The Hall–Kier alpha value is -3.67. The Kier molecular flexibility index (Phi) is 6.68.